The quantitative estimate of drug-likeness (QED) is 0.755. The molecule has 0 unspecified atom stereocenters. The highest BCUT2D eigenvalue weighted by Crippen LogP contribution is 2.33. The summed E-state index contributed by atoms with van der Waals surface area (Å²) in [5.41, 5.74) is 0. The van der Waals surface area contributed by atoms with Crippen LogP contribution in [-0.4, -0.2) is 27.9 Å². The molecular formula is C15H20BrN3S. The number of rotatable bonds is 4. The molecule has 0 aliphatic heterocycles. The minimum absolute atomic E-state index is 0.639. The van der Waals surface area contributed by atoms with Gasteiger partial charge in [0, 0.05) is 22.8 Å². The maximum atomic E-state index is 4.62. The summed E-state index contributed by atoms with van der Waals surface area (Å²) in [7, 11) is 0. The zero-order chi connectivity index (χ0) is 13.9. The number of alkyl halides is 1. The van der Waals surface area contributed by atoms with Crippen molar-refractivity contribution in [3.63, 3.8) is 0 Å². The molecular weight excluding hydrogens is 334 g/mol. The van der Waals surface area contributed by atoms with Gasteiger partial charge in [-0.05, 0) is 25.8 Å². The molecule has 1 aliphatic carbocycles. The number of halogens is 1. The van der Waals surface area contributed by atoms with Crippen LogP contribution in [-0.2, 0) is 0 Å². The molecule has 0 atom stereocenters. The zero-order valence-corrected chi connectivity index (χ0v) is 14.2. The van der Waals surface area contributed by atoms with Crippen LogP contribution < -0.4 is 4.90 Å². The standard InChI is InChI=1S/C15H20BrN3S/c1-11-9-13-14(17-10-18-15(13)20-11)19(8-7-16)12-5-3-2-4-6-12/h9-10,12H,2-8H2,1H3. The number of anilines is 1. The molecule has 1 saturated carbocycles. The van der Waals surface area contributed by atoms with Gasteiger partial charge in [-0.2, -0.15) is 0 Å². The van der Waals surface area contributed by atoms with E-state index in [1.54, 1.807) is 17.7 Å². The van der Waals surface area contributed by atoms with Crippen LogP contribution in [0.4, 0.5) is 5.82 Å². The van der Waals surface area contributed by atoms with E-state index in [9.17, 15) is 0 Å². The highest BCUT2D eigenvalue weighted by molar-refractivity contribution is 9.09. The largest absolute Gasteiger partial charge is 0.352 e. The van der Waals surface area contributed by atoms with Gasteiger partial charge in [-0.1, -0.05) is 35.2 Å². The van der Waals surface area contributed by atoms with E-state index in [4.69, 9.17) is 0 Å². The first-order valence-corrected chi connectivity index (χ1v) is 9.27. The van der Waals surface area contributed by atoms with Crippen molar-refractivity contribution in [2.24, 2.45) is 0 Å². The molecule has 0 saturated heterocycles. The second kappa shape index (κ2) is 6.39. The Balaban J connectivity index is 1.99. The Bertz CT molecular complexity index is 578. The summed E-state index contributed by atoms with van der Waals surface area (Å²) in [5, 5.41) is 2.21. The van der Waals surface area contributed by atoms with Gasteiger partial charge in [0.05, 0.1) is 5.39 Å². The molecule has 0 spiro atoms. The number of hydrogen-bond donors (Lipinski definition) is 0. The minimum atomic E-state index is 0.639. The van der Waals surface area contributed by atoms with Gasteiger partial charge in [0.15, 0.2) is 0 Å². The summed E-state index contributed by atoms with van der Waals surface area (Å²) in [4.78, 5) is 14.0. The van der Waals surface area contributed by atoms with E-state index in [0.29, 0.717) is 6.04 Å². The maximum absolute atomic E-state index is 4.62. The Morgan fingerprint density at radius 1 is 1.30 bits per heavy atom. The average Bonchev–Trinajstić information content (AvgIpc) is 2.86. The van der Waals surface area contributed by atoms with Gasteiger partial charge in [-0.25, -0.2) is 9.97 Å². The molecule has 0 bridgehead atoms. The smallest absolute Gasteiger partial charge is 0.141 e. The van der Waals surface area contributed by atoms with E-state index in [2.05, 4.69) is 43.8 Å². The zero-order valence-electron chi connectivity index (χ0n) is 11.8. The van der Waals surface area contributed by atoms with Crippen molar-refractivity contribution in [3.8, 4) is 0 Å². The third kappa shape index (κ3) is 2.84. The lowest BCUT2D eigenvalue weighted by molar-refractivity contribution is 0.417. The minimum Gasteiger partial charge on any atom is -0.352 e. The lowest BCUT2D eigenvalue weighted by Crippen LogP contribution is -2.38. The van der Waals surface area contributed by atoms with Gasteiger partial charge in [0.1, 0.15) is 17.0 Å². The summed E-state index contributed by atoms with van der Waals surface area (Å²) >= 11 is 5.36. The molecule has 2 aromatic rings. The Morgan fingerprint density at radius 3 is 2.85 bits per heavy atom. The molecule has 3 rings (SSSR count). The van der Waals surface area contributed by atoms with Crippen LogP contribution in [0, 0.1) is 6.92 Å². The summed E-state index contributed by atoms with van der Waals surface area (Å²) in [6.45, 7) is 3.16. The Morgan fingerprint density at radius 2 is 2.10 bits per heavy atom. The number of nitrogens with zero attached hydrogens (tertiary/aromatic N) is 3. The van der Waals surface area contributed by atoms with Gasteiger partial charge < -0.3 is 4.90 Å². The molecule has 0 radical (unpaired) electrons. The lowest BCUT2D eigenvalue weighted by atomic mass is 9.94. The van der Waals surface area contributed by atoms with Crippen LogP contribution in [0.2, 0.25) is 0 Å². The van der Waals surface area contributed by atoms with E-state index in [0.717, 1.165) is 22.5 Å². The molecule has 1 fully saturated rings. The SMILES string of the molecule is Cc1cc2c(N(CCBr)C3CCCCC3)ncnc2s1. The first-order chi connectivity index (χ1) is 9.79. The van der Waals surface area contributed by atoms with Crippen LogP contribution in [0.5, 0.6) is 0 Å². The van der Waals surface area contributed by atoms with Crippen molar-refractivity contribution in [1.29, 1.82) is 0 Å². The number of thiophene rings is 1. The number of aryl methyl sites for hydroxylation is 1. The van der Waals surface area contributed by atoms with Crippen molar-refractivity contribution in [3.05, 3.63) is 17.3 Å². The molecule has 0 aromatic carbocycles. The summed E-state index contributed by atoms with van der Waals surface area (Å²) in [6.07, 6.45) is 8.39. The fourth-order valence-electron chi connectivity index (χ4n) is 3.14. The van der Waals surface area contributed by atoms with Crippen LogP contribution in [0.3, 0.4) is 0 Å². The van der Waals surface area contributed by atoms with Gasteiger partial charge in [-0.3, -0.25) is 0 Å². The molecule has 0 amide bonds. The third-order valence-corrected chi connectivity index (χ3v) is 5.36. The van der Waals surface area contributed by atoms with Gasteiger partial charge in [0.25, 0.3) is 0 Å². The van der Waals surface area contributed by atoms with E-state index in [-0.39, 0.29) is 0 Å². The highest BCUT2D eigenvalue weighted by Gasteiger charge is 2.23. The molecule has 20 heavy (non-hydrogen) atoms. The maximum Gasteiger partial charge on any atom is 0.141 e. The van der Waals surface area contributed by atoms with Gasteiger partial charge in [0.2, 0.25) is 0 Å². The predicted molar refractivity (Wildman–Crippen MR) is 90.2 cm³/mol. The van der Waals surface area contributed by atoms with Crippen molar-refractivity contribution in [2.45, 2.75) is 45.1 Å². The molecule has 108 valence electrons. The summed E-state index contributed by atoms with van der Waals surface area (Å²) in [6, 6.07) is 2.87. The number of fused-ring (bicyclic) bond motifs is 1. The molecule has 2 aromatic heterocycles. The Labute approximate surface area is 132 Å². The van der Waals surface area contributed by atoms with Crippen LogP contribution in [0.1, 0.15) is 37.0 Å². The van der Waals surface area contributed by atoms with Crippen molar-refractivity contribution < 1.29 is 0 Å². The number of aromatic nitrogens is 2. The molecule has 5 heteroatoms. The monoisotopic (exact) mass is 353 g/mol. The van der Waals surface area contributed by atoms with E-state index in [1.165, 1.54) is 42.4 Å². The predicted octanol–water partition coefficient (Wildman–Crippen LogP) is 4.53. The summed E-state index contributed by atoms with van der Waals surface area (Å²) in [5.74, 6) is 1.13. The fourth-order valence-corrected chi connectivity index (χ4v) is 4.36. The van der Waals surface area contributed by atoms with Gasteiger partial charge >= 0.3 is 0 Å². The van der Waals surface area contributed by atoms with Crippen LogP contribution in [0.15, 0.2) is 12.4 Å². The first-order valence-electron chi connectivity index (χ1n) is 7.33. The normalized spacial score (nSPS) is 16.7. The lowest BCUT2D eigenvalue weighted by Gasteiger charge is -2.35. The van der Waals surface area contributed by atoms with Crippen molar-refractivity contribution in [1.82, 2.24) is 9.97 Å². The van der Waals surface area contributed by atoms with E-state index in [1.807, 2.05) is 0 Å². The second-order valence-electron chi connectivity index (χ2n) is 5.45. The Hall–Kier alpha value is -0.680. The van der Waals surface area contributed by atoms with Gasteiger partial charge in [-0.15, -0.1) is 11.3 Å². The number of hydrogen-bond acceptors (Lipinski definition) is 4. The Kier molecular flexibility index (Phi) is 4.56. The van der Waals surface area contributed by atoms with E-state index >= 15 is 0 Å². The first kappa shape index (κ1) is 14.3. The molecule has 2 heterocycles. The highest BCUT2D eigenvalue weighted by atomic mass is 79.9. The molecule has 1 aliphatic rings. The molecule has 0 N–H and O–H groups in total. The second-order valence-corrected chi connectivity index (χ2v) is 7.48. The van der Waals surface area contributed by atoms with Crippen LogP contribution in [0.25, 0.3) is 10.2 Å². The van der Waals surface area contributed by atoms with Crippen LogP contribution >= 0.6 is 27.3 Å². The van der Waals surface area contributed by atoms with Crippen molar-refractivity contribution >= 4 is 43.3 Å². The third-order valence-electron chi connectivity index (χ3n) is 4.04. The fraction of sp³-hybridized carbons (Fsp3) is 0.600. The van der Waals surface area contributed by atoms with Crippen molar-refractivity contribution in [2.75, 3.05) is 16.8 Å². The molecule has 3 nitrogen and oxygen atoms in total. The summed E-state index contributed by atoms with van der Waals surface area (Å²) < 4.78 is 0. The topological polar surface area (TPSA) is 29.0 Å². The average molecular weight is 354 g/mol. The van der Waals surface area contributed by atoms with E-state index < -0.39 is 0 Å².